The fraction of sp³-hybridized carbons (Fsp3) is 0.500. The molecule has 1 aliphatic heterocycles. The summed E-state index contributed by atoms with van der Waals surface area (Å²) in [7, 11) is 0. The lowest BCUT2D eigenvalue weighted by Gasteiger charge is -2.32. The molecule has 0 radical (unpaired) electrons. The van der Waals surface area contributed by atoms with Gasteiger partial charge in [0.1, 0.15) is 0 Å². The highest BCUT2D eigenvalue weighted by Crippen LogP contribution is 2.22. The van der Waals surface area contributed by atoms with Gasteiger partial charge < -0.3 is 9.47 Å². The van der Waals surface area contributed by atoms with Gasteiger partial charge in [0.25, 0.3) is 0 Å². The number of hydrogen-bond donors (Lipinski definition) is 0. The molecule has 128 valence electrons. The maximum absolute atomic E-state index is 12.4. The normalized spacial score (nSPS) is 15.6. The van der Waals surface area contributed by atoms with Crippen molar-refractivity contribution in [1.82, 2.24) is 14.5 Å². The maximum Gasteiger partial charge on any atom is 0.222 e. The lowest BCUT2D eigenvalue weighted by Crippen LogP contribution is -2.38. The first kappa shape index (κ1) is 16.7. The number of likely N-dealkylation sites (tertiary alicyclic amines) is 1. The molecule has 0 unspecified atom stereocenters. The van der Waals surface area contributed by atoms with Gasteiger partial charge in [0.15, 0.2) is 0 Å². The van der Waals surface area contributed by atoms with Crippen molar-refractivity contribution in [2.24, 2.45) is 5.92 Å². The van der Waals surface area contributed by atoms with Crippen LogP contribution < -0.4 is 0 Å². The third-order valence-electron chi connectivity index (χ3n) is 5.07. The zero-order chi connectivity index (χ0) is 16.8. The van der Waals surface area contributed by atoms with Crippen molar-refractivity contribution < 1.29 is 4.79 Å². The first-order chi connectivity index (χ1) is 11.7. The van der Waals surface area contributed by atoms with Crippen molar-refractivity contribution in [2.75, 3.05) is 13.1 Å². The molecule has 4 nitrogen and oxygen atoms in total. The largest absolute Gasteiger partial charge is 0.343 e. The van der Waals surface area contributed by atoms with Crippen molar-refractivity contribution in [1.29, 1.82) is 0 Å². The second kappa shape index (κ2) is 8.13. The van der Waals surface area contributed by atoms with E-state index < -0.39 is 0 Å². The van der Waals surface area contributed by atoms with Gasteiger partial charge >= 0.3 is 0 Å². The van der Waals surface area contributed by atoms with Crippen LogP contribution in [-0.2, 0) is 17.8 Å². The Bertz CT molecular complexity index is 625. The van der Waals surface area contributed by atoms with Crippen LogP contribution in [0.25, 0.3) is 0 Å². The van der Waals surface area contributed by atoms with Crippen LogP contribution in [0.4, 0.5) is 0 Å². The van der Waals surface area contributed by atoms with Crippen molar-refractivity contribution in [3.63, 3.8) is 0 Å². The monoisotopic (exact) mass is 325 g/mol. The van der Waals surface area contributed by atoms with Crippen LogP contribution in [0, 0.1) is 12.8 Å². The lowest BCUT2D eigenvalue weighted by molar-refractivity contribution is -0.132. The minimum atomic E-state index is 0.309. The van der Waals surface area contributed by atoms with Crippen molar-refractivity contribution in [3.05, 3.63) is 54.1 Å². The van der Waals surface area contributed by atoms with Gasteiger partial charge in [0, 0.05) is 38.4 Å². The van der Waals surface area contributed by atoms with Gasteiger partial charge in [-0.15, -0.1) is 0 Å². The predicted octanol–water partition coefficient (Wildman–Crippen LogP) is 3.45. The summed E-state index contributed by atoms with van der Waals surface area (Å²) in [6, 6.07) is 8.49. The molecule has 1 aromatic carbocycles. The molecule has 24 heavy (non-hydrogen) atoms. The number of aryl methyl sites for hydroxylation is 3. The van der Waals surface area contributed by atoms with Crippen LogP contribution in [0.15, 0.2) is 43.0 Å². The molecule has 3 rings (SSSR count). The van der Waals surface area contributed by atoms with Gasteiger partial charge in [-0.05, 0) is 44.1 Å². The maximum atomic E-state index is 12.4. The van der Waals surface area contributed by atoms with Gasteiger partial charge in [-0.2, -0.15) is 0 Å². The number of nitrogens with zero attached hydrogens (tertiary/aromatic N) is 3. The number of piperidine rings is 1. The van der Waals surface area contributed by atoms with Crippen molar-refractivity contribution in [3.8, 4) is 0 Å². The second-order valence-electron chi connectivity index (χ2n) is 6.90. The Kier molecular flexibility index (Phi) is 5.68. The summed E-state index contributed by atoms with van der Waals surface area (Å²) < 4.78 is 2.14. The highest BCUT2D eigenvalue weighted by atomic mass is 16.2. The highest BCUT2D eigenvalue weighted by Gasteiger charge is 2.22. The smallest absolute Gasteiger partial charge is 0.222 e. The molecule has 1 fully saturated rings. The highest BCUT2D eigenvalue weighted by molar-refractivity contribution is 5.76. The van der Waals surface area contributed by atoms with Gasteiger partial charge in [-0.1, -0.05) is 29.8 Å². The van der Waals surface area contributed by atoms with E-state index >= 15 is 0 Å². The summed E-state index contributed by atoms with van der Waals surface area (Å²) in [5.74, 6) is 1.04. The Hall–Kier alpha value is -2.10. The molecule has 2 aromatic rings. The van der Waals surface area contributed by atoms with Crippen LogP contribution in [0.2, 0.25) is 0 Å². The fourth-order valence-corrected chi connectivity index (χ4v) is 3.39. The average Bonchev–Trinajstić information content (AvgIpc) is 3.13. The third kappa shape index (κ3) is 4.70. The van der Waals surface area contributed by atoms with Crippen LogP contribution in [0.3, 0.4) is 0 Å². The number of benzene rings is 1. The predicted molar refractivity (Wildman–Crippen MR) is 95.6 cm³/mol. The Morgan fingerprint density at radius 2 is 1.96 bits per heavy atom. The summed E-state index contributed by atoms with van der Waals surface area (Å²) in [6.45, 7) is 4.96. The molecule has 0 aliphatic carbocycles. The molecule has 0 N–H and O–H groups in total. The molecule has 0 atom stereocenters. The van der Waals surface area contributed by atoms with E-state index in [1.807, 2.05) is 18.7 Å². The van der Waals surface area contributed by atoms with E-state index in [9.17, 15) is 4.79 Å². The number of amides is 1. The molecule has 4 heteroatoms. The molecule has 2 heterocycles. The number of carbonyl (C=O) groups is 1. The van der Waals surface area contributed by atoms with E-state index in [4.69, 9.17) is 0 Å². The lowest BCUT2D eigenvalue weighted by atomic mass is 9.93. The zero-order valence-corrected chi connectivity index (χ0v) is 14.5. The molecule has 0 spiro atoms. The Labute approximate surface area is 144 Å². The molecular weight excluding hydrogens is 298 g/mol. The zero-order valence-electron chi connectivity index (χ0n) is 14.5. The van der Waals surface area contributed by atoms with Crippen LogP contribution in [0.5, 0.6) is 0 Å². The number of imidazole rings is 1. The first-order valence-corrected chi connectivity index (χ1v) is 9.00. The fourth-order valence-electron chi connectivity index (χ4n) is 3.39. The number of aromatic nitrogens is 2. The van der Waals surface area contributed by atoms with Gasteiger partial charge in [-0.3, -0.25) is 4.79 Å². The number of rotatable bonds is 6. The minimum Gasteiger partial charge on any atom is -0.343 e. The molecule has 0 saturated carbocycles. The molecule has 1 amide bonds. The molecule has 1 aromatic heterocycles. The van der Waals surface area contributed by atoms with E-state index in [1.54, 1.807) is 0 Å². The molecular formula is C20H27N3O. The summed E-state index contributed by atoms with van der Waals surface area (Å²) in [5, 5.41) is 0. The second-order valence-corrected chi connectivity index (χ2v) is 6.90. The topological polar surface area (TPSA) is 38.1 Å². The molecule has 0 bridgehead atoms. The Morgan fingerprint density at radius 3 is 2.62 bits per heavy atom. The Balaban J connectivity index is 1.37. The van der Waals surface area contributed by atoms with Gasteiger partial charge in [0.2, 0.25) is 5.91 Å². The standard InChI is InChI=1S/C20H27N3O/c1-17-2-4-18(5-3-17)6-7-20(24)23-13-9-19(10-14-23)8-12-22-15-11-21-16-22/h2-5,11,15-16,19H,6-10,12-14H2,1H3. The summed E-state index contributed by atoms with van der Waals surface area (Å²) in [5.41, 5.74) is 2.52. The number of hydrogen-bond acceptors (Lipinski definition) is 2. The average molecular weight is 325 g/mol. The van der Waals surface area contributed by atoms with E-state index in [-0.39, 0.29) is 0 Å². The van der Waals surface area contributed by atoms with E-state index in [1.165, 1.54) is 17.5 Å². The van der Waals surface area contributed by atoms with Gasteiger partial charge in [-0.25, -0.2) is 4.98 Å². The quantitative estimate of drug-likeness (QED) is 0.816. The summed E-state index contributed by atoms with van der Waals surface area (Å²) >= 11 is 0. The van der Waals surface area contributed by atoms with E-state index in [2.05, 4.69) is 45.6 Å². The van der Waals surface area contributed by atoms with Crippen LogP contribution in [-0.4, -0.2) is 33.4 Å². The van der Waals surface area contributed by atoms with E-state index in [0.29, 0.717) is 12.3 Å². The van der Waals surface area contributed by atoms with Crippen molar-refractivity contribution >= 4 is 5.91 Å². The SMILES string of the molecule is Cc1ccc(CCC(=O)N2CCC(CCn3ccnc3)CC2)cc1. The minimum absolute atomic E-state index is 0.309. The number of carbonyl (C=O) groups excluding carboxylic acids is 1. The van der Waals surface area contributed by atoms with Gasteiger partial charge in [0.05, 0.1) is 6.33 Å². The summed E-state index contributed by atoms with van der Waals surface area (Å²) in [4.78, 5) is 18.5. The van der Waals surface area contributed by atoms with Crippen LogP contribution in [0.1, 0.15) is 36.8 Å². The van der Waals surface area contributed by atoms with E-state index in [0.717, 1.165) is 44.8 Å². The Morgan fingerprint density at radius 1 is 1.21 bits per heavy atom. The summed E-state index contributed by atoms with van der Waals surface area (Å²) in [6.07, 6.45) is 10.6. The molecule has 1 aliphatic rings. The molecule has 1 saturated heterocycles. The van der Waals surface area contributed by atoms with Crippen LogP contribution >= 0.6 is 0 Å². The first-order valence-electron chi connectivity index (χ1n) is 9.00. The third-order valence-corrected chi connectivity index (χ3v) is 5.07. The van der Waals surface area contributed by atoms with Crippen molar-refractivity contribution in [2.45, 2.75) is 45.6 Å².